The molecule has 12 atom stereocenters. The topological polar surface area (TPSA) is 659 Å². The molecule has 0 aliphatic carbocycles. The Bertz CT molecular complexity index is 3440. The molecule has 0 bridgehead atoms. The van der Waals surface area contributed by atoms with Crippen LogP contribution in [0.5, 0.6) is 11.5 Å². The maximum absolute atomic E-state index is 14.4. The number of aliphatic carboxylic acids is 1. The average molecular weight is 1460 g/mol. The number of phenolic OH excluding ortho intramolecular Hbond substituents is 2. The maximum Gasteiger partial charge on any atom is 0.326 e. The second-order valence-corrected chi connectivity index (χ2v) is 26.2. The number of benzene rings is 2. The van der Waals surface area contributed by atoms with Gasteiger partial charge in [0.1, 0.15) is 71.9 Å². The van der Waals surface area contributed by atoms with Crippen LogP contribution >= 0.6 is 0 Å². The molecule has 3 aromatic rings. The lowest BCUT2D eigenvalue weighted by Crippen LogP contribution is -2.63. The zero-order chi connectivity index (χ0) is 78.1. The number of carbonyl (C=O) groups excluding carboxylic acids is 12. The first kappa shape index (κ1) is 87.0. The number of aliphatic hydroxyl groups is 1. The molecule has 104 heavy (non-hydrogen) atoms. The van der Waals surface area contributed by atoms with Gasteiger partial charge >= 0.3 is 5.97 Å². The number of guanidine groups is 2. The van der Waals surface area contributed by atoms with Crippen molar-refractivity contribution in [2.24, 2.45) is 67.9 Å². The van der Waals surface area contributed by atoms with Gasteiger partial charge in [-0.15, -0.1) is 0 Å². The molecule has 574 valence electrons. The van der Waals surface area contributed by atoms with Crippen molar-refractivity contribution < 1.29 is 82.8 Å². The predicted molar refractivity (Wildman–Crippen MR) is 378 cm³/mol. The standard InChI is InChI=1S/C66H103N21O17/c1-32(2)24-45(82-59(98)47(26-36-12-16-39(89)17-13-36)81-54(93)41(67)28-38-30-74-31-77-38)58(97)84-48(29-51(69)92)60(99)83-46(25-33(3)4)61(100)86-52(34(5)6)62(101)87-53(35(7)88)63(102)80-43(11-9-23-76-66(72)73)55(94)79-44(20-21-50(68)91)57(96)78-42(10-8-22-75-65(70)71)56(95)85-49(64(103)104)27-37-14-18-40(90)19-15-37/h12-19,30-35,41-49,52-53,88-90H,8-11,20-29,67H2,1-7H3,(H2,68,91)(H2,69,92)(H,74,77)(H,78,96)(H,79,94)(H,80,102)(H,81,93)(H,82,98)(H,83,99)(H,84,97)(H,85,95)(H,86,100)(H,87,101)(H,103,104)(H4,70,71,75)(H4,72,73,76)/t35-,41+,42+,43+,44+,45+,46+,47+,48+,49+,52+,53+/m1/s1. The van der Waals surface area contributed by atoms with Crippen LogP contribution in [0.4, 0.5) is 0 Å². The minimum Gasteiger partial charge on any atom is -0.508 e. The minimum atomic E-state index is -1.90. The van der Waals surface area contributed by atoms with E-state index in [2.05, 4.69) is 73.1 Å². The lowest BCUT2D eigenvalue weighted by molar-refractivity contribution is -0.142. The highest BCUT2D eigenvalue weighted by Gasteiger charge is 2.39. The maximum atomic E-state index is 14.4. The van der Waals surface area contributed by atoms with Gasteiger partial charge in [-0.3, -0.25) is 67.5 Å². The van der Waals surface area contributed by atoms with Crippen LogP contribution in [0.25, 0.3) is 0 Å². The number of hydrogen-bond acceptors (Lipinski definition) is 20. The summed E-state index contributed by atoms with van der Waals surface area (Å²) in [5.41, 5.74) is 40.7. The zero-order valence-electron chi connectivity index (χ0n) is 59.3. The van der Waals surface area contributed by atoms with Crippen molar-refractivity contribution in [2.45, 2.75) is 198 Å². The lowest BCUT2D eigenvalue weighted by atomic mass is 9.98. The number of carboxylic acids is 1. The third-order valence-electron chi connectivity index (χ3n) is 15.8. The molecular weight excluding hydrogens is 1360 g/mol. The predicted octanol–water partition coefficient (Wildman–Crippen LogP) is -5.51. The molecule has 0 fully saturated rings. The Morgan fingerprint density at radius 2 is 0.827 bits per heavy atom. The molecule has 0 saturated carbocycles. The van der Waals surface area contributed by atoms with Gasteiger partial charge in [-0.25, -0.2) is 9.78 Å². The van der Waals surface area contributed by atoms with Gasteiger partial charge in [-0.2, -0.15) is 0 Å². The molecule has 0 radical (unpaired) electrons. The summed E-state index contributed by atoms with van der Waals surface area (Å²) >= 11 is 0. The number of nitrogens with one attached hydrogen (secondary N) is 11. The van der Waals surface area contributed by atoms with Crippen molar-refractivity contribution in [3.63, 3.8) is 0 Å². The summed E-state index contributed by atoms with van der Waals surface area (Å²) in [7, 11) is 0. The van der Waals surface area contributed by atoms with Crippen LogP contribution in [0.2, 0.25) is 0 Å². The van der Waals surface area contributed by atoms with Crippen molar-refractivity contribution in [3.05, 3.63) is 77.9 Å². The minimum absolute atomic E-state index is 0.0203. The van der Waals surface area contributed by atoms with E-state index in [1.807, 2.05) is 0 Å². The Balaban J connectivity index is 1.91. The molecule has 38 nitrogen and oxygen atoms in total. The van der Waals surface area contributed by atoms with Crippen molar-refractivity contribution in [1.82, 2.24) is 63.1 Å². The number of carbonyl (C=O) groups is 13. The average Bonchev–Trinajstić information content (AvgIpc) is 0.998. The van der Waals surface area contributed by atoms with E-state index in [4.69, 9.17) is 40.1 Å². The van der Waals surface area contributed by atoms with E-state index in [0.717, 1.165) is 6.92 Å². The number of H-pyrrole nitrogens is 1. The highest BCUT2D eigenvalue weighted by Crippen LogP contribution is 2.17. The number of aliphatic hydroxyl groups excluding tert-OH is 1. The molecular formula is C66H103N21O17. The third-order valence-corrected chi connectivity index (χ3v) is 15.8. The monoisotopic (exact) mass is 1460 g/mol. The molecule has 38 heteroatoms. The summed E-state index contributed by atoms with van der Waals surface area (Å²) in [6.07, 6.45) is -1.76. The van der Waals surface area contributed by atoms with Crippen LogP contribution in [-0.4, -0.2) is 205 Å². The van der Waals surface area contributed by atoms with Gasteiger partial charge in [0, 0.05) is 50.7 Å². The molecule has 0 aliphatic rings. The number of carboxylic acid groups (broad SMARTS) is 1. The summed E-state index contributed by atoms with van der Waals surface area (Å²) in [6, 6.07) is -5.85. The number of imidazole rings is 1. The van der Waals surface area contributed by atoms with Crippen LogP contribution in [0.15, 0.2) is 71.0 Å². The first-order chi connectivity index (χ1) is 48.8. The number of phenols is 2. The Morgan fingerprint density at radius 1 is 0.452 bits per heavy atom. The van der Waals surface area contributed by atoms with Gasteiger partial charge in [0.25, 0.3) is 0 Å². The second-order valence-electron chi connectivity index (χ2n) is 26.2. The normalized spacial score (nSPS) is 14.6. The number of aliphatic imine (C=N–C) groups is 2. The summed E-state index contributed by atoms with van der Waals surface area (Å²) < 4.78 is 0. The fourth-order valence-corrected chi connectivity index (χ4v) is 10.4. The Kier molecular flexibility index (Phi) is 36.5. The molecule has 2 aromatic carbocycles. The lowest BCUT2D eigenvalue weighted by Gasteiger charge is -2.30. The van der Waals surface area contributed by atoms with Crippen molar-refractivity contribution in [2.75, 3.05) is 13.1 Å². The summed E-state index contributed by atoms with van der Waals surface area (Å²) in [5.74, 6) is -15.8. The first-order valence-electron chi connectivity index (χ1n) is 33.7. The third kappa shape index (κ3) is 32.2. The molecule has 12 amide bonds. The van der Waals surface area contributed by atoms with E-state index in [1.54, 1.807) is 27.7 Å². The summed E-state index contributed by atoms with van der Waals surface area (Å²) in [5, 5.41) is 65.8. The fraction of sp³-hybridized carbons (Fsp3) is 0.545. The van der Waals surface area contributed by atoms with Gasteiger partial charge in [-0.1, -0.05) is 65.8 Å². The van der Waals surface area contributed by atoms with Crippen molar-refractivity contribution >= 4 is 88.8 Å². The fourth-order valence-electron chi connectivity index (χ4n) is 10.4. The van der Waals surface area contributed by atoms with E-state index in [-0.39, 0.29) is 106 Å². The number of nitrogens with two attached hydrogens (primary N) is 7. The largest absolute Gasteiger partial charge is 0.508 e. The van der Waals surface area contributed by atoms with Crippen LogP contribution in [0, 0.1) is 17.8 Å². The molecule has 0 unspecified atom stereocenters. The van der Waals surface area contributed by atoms with E-state index in [9.17, 15) is 82.8 Å². The zero-order valence-corrected chi connectivity index (χ0v) is 59.3. The molecule has 1 aromatic heterocycles. The number of aromatic nitrogens is 2. The Morgan fingerprint density at radius 3 is 1.24 bits per heavy atom. The second kappa shape index (κ2) is 43.6. The van der Waals surface area contributed by atoms with E-state index in [0.29, 0.717) is 16.8 Å². The molecule has 0 saturated heterocycles. The molecule has 0 aliphatic heterocycles. The molecule has 1 heterocycles. The van der Waals surface area contributed by atoms with Gasteiger partial charge in [0.2, 0.25) is 70.9 Å². The first-order valence-corrected chi connectivity index (χ1v) is 33.7. The van der Waals surface area contributed by atoms with Crippen LogP contribution in [0.3, 0.4) is 0 Å². The van der Waals surface area contributed by atoms with Crippen molar-refractivity contribution in [3.8, 4) is 11.5 Å². The Hall–Kier alpha value is -11.2. The van der Waals surface area contributed by atoms with Gasteiger partial charge < -0.3 is 119 Å². The van der Waals surface area contributed by atoms with Gasteiger partial charge in [0.05, 0.1) is 24.9 Å². The number of primary amides is 2. The summed E-state index contributed by atoms with van der Waals surface area (Å²) in [6.45, 7) is 10.8. The van der Waals surface area contributed by atoms with Gasteiger partial charge in [-0.05, 0) is 105 Å². The van der Waals surface area contributed by atoms with Crippen LogP contribution < -0.4 is 93.3 Å². The van der Waals surface area contributed by atoms with E-state index < -0.39 is 175 Å². The quantitative estimate of drug-likeness (QED) is 0.0143. The number of nitrogens with zero attached hydrogens (tertiary/aromatic N) is 3. The van der Waals surface area contributed by atoms with Crippen molar-refractivity contribution in [1.29, 1.82) is 0 Å². The molecule has 3 rings (SSSR count). The molecule has 29 N–H and O–H groups in total. The smallest absolute Gasteiger partial charge is 0.326 e. The number of rotatable bonds is 46. The Labute approximate surface area is 601 Å². The molecule has 0 spiro atoms. The number of hydrogen-bond donors (Lipinski definition) is 22. The summed E-state index contributed by atoms with van der Waals surface area (Å²) in [4.78, 5) is 194. The number of amides is 12. The van der Waals surface area contributed by atoms with E-state index in [1.165, 1.54) is 74.9 Å². The number of aromatic hydroxyl groups is 2. The van der Waals surface area contributed by atoms with Crippen LogP contribution in [-0.2, 0) is 81.6 Å². The van der Waals surface area contributed by atoms with Gasteiger partial charge in [0.15, 0.2) is 11.9 Å². The SMILES string of the molecule is CC(C)C[C@H](NC(=O)[C@H](Cc1ccc(O)cc1)NC(=O)[C@@H](N)Cc1cnc[nH]1)C(=O)N[C@@H](CC(N)=O)C(=O)N[C@@H](CC(C)C)C(=O)N[C@H](C(=O)N[C@H](C(=O)N[C@@H](CCCN=C(N)N)C(=O)N[C@@H](CCC(N)=O)C(=O)N[C@@H](CCCN=C(N)N)C(=O)N[C@@H](Cc1ccc(O)cc1)C(=O)O)[C@@H](C)O)C(C)C. The highest BCUT2D eigenvalue weighted by atomic mass is 16.4. The van der Waals surface area contributed by atoms with E-state index >= 15 is 0 Å². The number of aromatic amines is 1. The van der Waals surface area contributed by atoms with Crippen LogP contribution in [0.1, 0.15) is 123 Å². The highest BCUT2D eigenvalue weighted by molar-refractivity contribution is 6.00.